The molecule has 57 heavy (non-hydrogen) atoms. The maximum Gasteiger partial charge on any atom is 0.0159 e. The monoisotopic (exact) mass is 724 g/mol. The third-order valence-corrected chi connectivity index (χ3v) is 13.5. The molecule has 1 unspecified atom stereocenters. The topological polar surface area (TPSA) is 0 Å². The quantitative estimate of drug-likeness (QED) is 0.159. The van der Waals surface area contributed by atoms with Gasteiger partial charge in [-0.05, 0) is 127 Å². The molecule has 0 fully saturated rings. The van der Waals surface area contributed by atoms with Crippen LogP contribution < -0.4 is 0 Å². The van der Waals surface area contributed by atoms with Crippen molar-refractivity contribution in [3.8, 4) is 55.6 Å². The Morgan fingerprint density at radius 1 is 0.351 bits per heavy atom. The Bertz CT molecular complexity index is 3260. The summed E-state index contributed by atoms with van der Waals surface area (Å²) in [6, 6.07) is 68.5. The molecule has 12 rings (SSSR count). The van der Waals surface area contributed by atoms with Gasteiger partial charge < -0.3 is 0 Å². The second-order valence-electron chi connectivity index (χ2n) is 16.7. The zero-order valence-electron chi connectivity index (χ0n) is 32.4. The fraction of sp³-hybridized carbons (Fsp3) is 0.0877. The first-order chi connectivity index (χ1) is 28.0. The average molecular weight is 725 g/mol. The summed E-state index contributed by atoms with van der Waals surface area (Å²) in [7, 11) is 0. The van der Waals surface area contributed by atoms with Crippen LogP contribution in [0.4, 0.5) is 0 Å². The molecule has 0 N–H and O–H groups in total. The Morgan fingerprint density at radius 3 is 1.65 bits per heavy atom. The lowest BCUT2D eigenvalue weighted by Crippen LogP contribution is -2.15. The zero-order valence-corrected chi connectivity index (χ0v) is 32.4. The first-order valence-electron chi connectivity index (χ1n) is 20.3. The van der Waals surface area contributed by atoms with Gasteiger partial charge in [-0.3, -0.25) is 0 Å². The predicted molar refractivity (Wildman–Crippen MR) is 243 cm³/mol. The van der Waals surface area contributed by atoms with E-state index in [-0.39, 0.29) is 5.41 Å². The standard InChI is InChI=1S/C57H40/c1-34-38-17-6-7-19-42(38)54-39(34)31-32-47-49(33-51-55(56(47)54)48-24-12-13-26-50(48)57(51,2)3)53-45-22-10-8-20-43(45)52(44-21-9-11-23-46(44)53)37-29-27-36(28-30-37)41-25-14-16-35-15-4-5-18-40(35)41/h4-34H,1-3H3. The normalized spacial score (nSPS) is 14.9. The van der Waals surface area contributed by atoms with Crippen molar-refractivity contribution in [2.24, 2.45) is 0 Å². The summed E-state index contributed by atoms with van der Waals surface area (Å²) in [5, 5.41) is 10.4. The van der Waals surface area contributed by atoms with E-state index < -0.39 is 0 Å². The van der Waals surface area contributed by atoms with Crippen LogP contribution in [0.5, 0.6) is 0 Å². The largest absolute Gasteiger partial charge is 0.0619 e. The molecule has 2 aliphatic carbocycles. The third kappa shape index (κ3) is 4.44. The van der Waals surface area contributed by atoms with Gasteiger partial charge in [0, 0.05) is 11.3 Å². The first kappa shape index (κ1) is 32.5. The lowest BCUT2D eigenvalue weighted by Gasteiger charge is -2.25. The van der Waals surface area contributed by atoms with E-state index in [1.807, 2.05) is 0 Å². The minimum atomic E-state index is -0.154. The number of fused-ring (bicyclic) bond motifs is 12. The molecule has 0 radical (unpaired) electrons. The Hall–Kier alpha value is -6.76. The van der Waals surface area contributed by atoms with E-state index in [0.29, 0.717) is 5.92 Å². The Kier molecular flexibility index (Phi) is 6.77. The lowest BCUT2D eigenvalue weighted by atomic mass is 9.78. The second-order valence-corrected chi connectivity index (χ2v) is 16.7. The predicted octanol–water partition coefficient (Wildman–Crippen LogP) is 15.7. The average Bonchev–Trinajstić information content (AvgIpc) is 3.68. The molecule has 1 atom stereocenters. The highest BCUT2D eigenvalue weighted by Crippen LogP contribution is 2.59. The van der Waals surface area contributed by atoms with Crippen LogP contribution in [0.25, 0.3) is 98.7 Å². The van der Waals surface area contributed by atoms with Gasteiger partial charge in [0.1, 0.15) is 0 Å². The molecule has 0 bridgehead atoms. The van der Waals surface area contributed by atoms with Crippen LogP contribution in [-0.2, 0) is 5.41 Å². The van der Waals surface area contributed by atoms with Crippen molar-refractivity contribution in [2.75, 3.05) is 0 Å². The van der Waals surface area contributed by atoms with Crippen molar-refractivity contribution >= 4 is 43.1 Å². The Balaban J connectivity index is 1.16. The van der Waals surface area contributed by atoms with Crippen LogP contribution in [0, 0.1) is 0 Å². The Labute approximate surface area is 333 Å². The smallest absolute Gasteiger partial charge is 0.0159 e. The maximum absolute atomic E-state index is 2.57. The summed E-state index contributed by atoms with van der Waals surface area (Å²) < 4.78 is 0. The van der Waals surface area contributed by atoms with Gasteiger partial charge >= 0.3 is 0 Å². The maximum atomic E-state index is 2.57. The van der Waals surface area contributed by atoms with Crippen molar-refractivity contribution < 1.29 is 0 Å². The van der Waals surface area contributed by atoms with Crippen LogP contribution in [-0.4, -0.2) is 0 Å². The number of rotatable bonds is 3. The minimum Gasteiger partial charge on any atom is -0.0619 e. The molecule has 0 saturated carbocycles. The van der Waals surface area contributed by atoms with Crippen molar-refractivity contribution in [1.29, 1.82) is 0 Å². The summed E-state index contributed by atoms with van der Waals surface area (Å²) >= 11 is 0. The summed E-state index contributed by atoms with van der Waals surface area (Å²) in [5.41, 5.74) is 18.8. The number of hydrogen-bond acceptors (Lipinski definition) is 0. The van der Waals surface area contributed by atoms with E-state index in [9.17, 15) is 0 Å². The van der Waals surface area contributed by atoms with Crippen LogP contribution in [0.1, 0.15) is 48.9 Å². The summed E-state index contributed by atoms with van der Waals surface area (Å²) in [6.07, 6.45) is 0. The van der Waals surface area contributed by atoms with Gasteiger partial charge in [0.15, 0.2) is 0 Å². The van der Waals surface area contributed by atoms with Gasteiger partial charge in [-0.1, -0.05) is 197 Å². The molecule has 0 nitrogen and oxygen atoms in total. The van der Waals surface area contributed by atoms with Crippen LogP contribution in [0.2, 0.25) is 0 Å². The highest BCUT2D eigenvalue weighted by atomic mass is 14.4. The molecule has 0 amide bonds. The highest BCUT2D eigenvalue weighted by Gasteiger charge is 2.39. The first-order valence-corrected chi connectivity index (χ1v) is 20.3. The number of benzene rings is 10. The summed E-state index contributed by atoms with van der Waals surface area (Å²) in [6.45, 7) is 7.23. The van der Waals surface area contributed by atoms with Gasteiger partial charge in [-0.15, -0.1) is 0 Å². The van der Waals surface area contributed by atoms with Crippen molar-refractivity contribution in [1.82, 2.24) is 0 Å². The fourth-order valence-corrected chi connectivity index (χ4v) is 10.8. The molecule has 0 aromatic heterocycles. The van der Waals surface area contributed by atoms with Crippen LogP contribution in [0.3, 0.4) is 0 Å². The third-order valence-electron chi connectivity index (χ3n) is 13.5. The lowest BCUT2D eigenvalue weighted by molar-refractivity contribution is 0.661. The number of hydrogen-bond donors (Lipinski definition) is 0. The highest BCUT2D eigenvalue weighted by molar-refractivity contribution is 6.26. The fourth-order valence-electron chi connectivity index (χ4n) is 10.8. The molecule has 0 heterocycles. The molecule has 0 aliphatic heterocycles. The van der Waals surface area contributed by atoms with Gasteiger partial charge in [0.2, 0.25) is 0 Å². The van der Waals surface area contributed by atoms with E-state index in [0.717, 1.165) is 0 Å². The molecule has 0 spiro atoms. The van der Waals surface area contributed by atoms with E-state index >= 15 is 0 Å². The molecule has 268 valence electrons. The zero-order chi connectivity index (χ0) is 38.0. The molecular formula is C57H40. The molecule has 0 saturated heterocycles. The van der Waals surface area contributed by atoms with Crippen LogP contribution >= 0.6 is 0 Å². The summed E-state index contributed by atoms with van der Waals surface area (Å²) in [5.74, 6) is 0.345. The molecular weight excluding hydrogens is 685 g/mol. The van der Waals surface area contributed by atoms with Crippen molar-refractivity contribution in [3.63, 3.8) is 0 Å². The van der Waals surface area contributed by atoms with E-state index in [1.165, 1.54) is 121 Å². The summed E-state index contributed by atoms with van der Waals surface area (Å²) in [4.78, 5) is 0. The minimum absolute atomic E-state index is 0.154. The van der Waals surface area contributed by atoms with Crippen molar-refractivity contribution in [2.45, 2.75) is 32.1 Å². The van der Waals surface area contributed by atoms with E-state index in [2.05, 4.69) is 203 Å². The van der Waals surface area contributed by atoms with Gasteiger partial charge in [0.05, 0.1) is 0 Å². The molecule has 10 aromatic carbocycles. The molecule has 2 aliphatic rings. The van der Waals surface area contributed by atoms with Gasteiger partial charge in [0.25, 0.3) is 0 Å². The van der Waals surface area contributed by atoms with E-state index in [4.69, 9.17) is 0 Å². The SMILES string of the molecule is CC1c2ccccc2-c2c1ccc1c(-c3c4ccccc4c(-c4ccc(-c5cccc6ccccc56)cc4)c4ccccc34)cc3c(c21)-c1ccccc1C3(C)C. The molecule has 0 heteroatoms. The second kappa shape index (κ2) is 11.9. The van der Waals surface area contributed by atoms with Gasteiger partial charge in [-0.2, -0.15) is 0 Å². The van der Waals surface area contributed by atoms with Crippen LogP contribution in [0.15, 0.2) is 182 Å². The van der Waals surface area contributed by atoms with E-state index in [1.54, 1.807) is 0 Å². The van der Waals surface area contributed by atoms with Crippen molar-refractivity contribution in [3.05, 3.63) is 204 Å². The Morgan fingerprint density at radius 2 is 0.912 bits per heavy atom. The van der Waals surface area contributed by atoms with Gasteiger partial charge in [-0.25, -0.2) is 0 Å². The molecule has 10 aromatic rings.